The van der Waals surface area contributed by atoms with Crippen LogP contribution in [-0.2, 0) is 22.7 Å². The molecule has 0 atom stereocenters. The molecule has 0 unspecified atom stereocenters. The topological polar surface area (TPSA) is 104 Å². The quantitative estimate of drug-likeness (QED) is 0.763. The molecular formula is C20H32N4O3. The SMILES string of the molecule is CC.CC.CC(=O)NCc1ccc[nH]c1=O.CC(=O)NCc1cccnc1. The molecule has 0 aliphatic carbocycles. The number of hydrogen-bond donors (Lipinski definition) is 3. The number of hydrogen-bond acceptors (Lipinski definition) is 4. The molecule has 0 saturated carbocycles. The molecule has 2 aromatic heterocycles. The van der Waals surface area contributed by atoms with Crippen LogP contribution in [0, 0.1) is 0 Å². The first-order chi connectivity index (χ1) is 13.0. The number of rotatable bonds is 4. The number of carbonyl (C=O) groups is 2. The van der Waals surface area contributed by atoms with Crippen LogP contribution in [0.2, 0.25) is 0 Å². The van der Waals surface area contributed by atoms with Gasteiger partial charge in [0.05, 0.1) is 0 Å². The summed E-state index contributed by atoms with van der Waals surface area (Å²) in [6.45, 7) is 11.8. The maximum Gasteiger partial charge on any atom is 0.252 e. The zero-order valence-electron chi connectivity index (χ0n) is 17.1. The minimum Gasteiger partial charge on any atom is -0.352 e. The normalized spacial score (nSPS) is 8.37. The molecule has 0 aliphatic rings. The van der Waals surface area contributed by atoms with Gasteiger partial charge in [-0.05, 0) is 17.7 Å². The molecule has 0 bridgehead atoms. The lowest BCUT2D eigenvalue weighted by Crippen LogP contribution is -2.23. The van der Waals surface area contributed by atoms with E-state index in [9.17, 15) is 14.4 Å². The van der Waals surface area contributed by atoms with Crippen LogP contribution >= 0.6 is 0 Å². The minimum absolute atomic E-state index is 0.0196. The summed E-state index contributed by atoms with van der Waals surface area (Å²) in [7, 11) is 0. The molecule has 27 heavy (non-hydrogen) atoms. The van der Waals surface area contributed by atoms with Crippen LogP contribution in [0.15, 0.2) is 47.7 Å². The third kappa shape index (κ3) is 15.0. The van der Waals surface area contributed by atoms with Gasteiger partial charge >= 0.3 is 0 Å². The fourth-order valence-corrected chi connectivity index (χ4v) is 1.54. The largest absolute Gasteiger partial charge is 0.352 e. The molecule has 0 aromatic carbocycles. The molecule has 2 rings (SSSR count). The maximum atomic E-state index is 11.0. The molecule has 2 heterocycles. The molecule has 7 heteroatoms. The van der Waals surface area contributed by atoms with Gasteiger partial charge < -0.3 is 15.6 Å². The zero-order chi connectivity index (χ0) is 21.1. The number of H-pyrrole nitrogens is 1. The van der Waals surface area contributed by atoms with Crippen molar-refractivity contribution in [3.63, 3.8) is 0 Å². The van der Waals surface area contributed by atoms with Gasteiger partial charge in [0.25, 0.3) is 5.56 Å². The lowest BCUT2D eigenvalue weighted by molar-refractivity contribution is -0.120. The highest BCUT2D eigenvalue weighted by atomic mass is 16.2. The summed E-state index contributed by atoms with van der Waals surface area (Å²) in [4.78, 5) is 38.4. The Morgan fingerprint density at radius 2 is 1.56 bits per heavy atom. The number of nitrogens with one attached hydrogen (secondary N) is 3. The van der Waals surface area contributed by atoms with Crippen molar-refractivity contribution < 1.29 is 9.59 Å². The summed E-state index contributed by atoms with van der Waals surface area (Å²) in [5, 5.41) is 5.23. The first kappa shape index (κ1) is 26.3. The van der Waals surface area contributed by atoms with Crippen molar-refractivity contribution in [3.05, 3.63) is 64.3 Å². The van der Waals surface area contributed by atoms with Gasteiger partial charge in [0.1, 0.15) is 0 Å². The van der Waals surface area contributed by atoms with Gasteiger partial charge in [0.15, 0.2) is 0 Å². The Kier molecular flexibility index (Phi) is 17.4. The Bertz CT molecular complexity index is 685. The molecule has 0 fully saturated rings. The van der Waals surface area contributed by atoms with Gasteiger partial charge in [-0.15, -0.1) is 0 Å². The van der Waals surface area contributed by atoms with Crippen molar-refractivity contribution >= 4 is 11.8 Å². The van der Waals surface area contributed by atoms with Crippen molar-refractivity contribution in [3.8, 4) is 0 Å². The van der Waals surface area contributed by atoms with E-state index in [2.05, 4.69) is 20.6 Å². The second kappa shape index (κ2) is 17.8. The fraction of sp³-hybridized carbons (Fsp3) is 0.400. The lowest BCUT2D eigenvalue weighted by atomic mass is 10.3. The predicted molar refractivity (Wildman–Crippen MR) is 109 cm³/mol. The smallest absolute Gasteiger partial charge is 0.252 e. The third-order valence-corrected chi connectivity index (χ3v) is 2.69. The lowest BCUT2D eigenvalue weighted by Gasteiger charge is -1.99. The Labute approximate surface area is 161 Å². The molecule has 7 nitrogen and oxygen atoms in total. The van der Waals surface area contributed by atoms with Gasteiger partial charge in [0.2, 0.25) is 11.8 Å². The van der Waals surface area contributed by atoms with Gasteiger partial charge in [-0.2, -0.15) is 0 Å². The van der Waals surface area contributed by atoms with E-state index < -0.39 is 0 Å². The van der Waals surface area contributed by atoms with E-state index in [4.69, 9.17) is 0 Å². The highest BCUT2D eigenvalue weighted by Crippen LogP contribution is 1.93. The predicted octanol–water partition coefficient (Wildman–Crippen LogP) is 2.78. The number of aromatic amines is 1. The second-order valence-electron chi connectivity index (χ2n) is 4.71. The molecule has 0 aliphatic heterocycles. The van der Waals surface area contributed by atoms with E-state index >= 15 is 0 Å². The summed E-state index contributed by atoms with van der Waals surface area (Å²) < 4.78 is 0. The molecule has 2 aromatic rings. The molecule has 0 saturated heterocycles. The van der Waals surface area contributed by atoms with Gasteiger partial charge in [0, 0.05) is 51.1 Å². The van der Waals surface area contributed by atoms with Gasteiger partial charge in [-0.1, -0.05) is 39.8 Å². The van der Waals surface area contributed by atoms with Crippen molar-refractivity contribution in [1.29, 1.82) is 0 Å². The molecule has 2 amide bonds. The highest BCUT2D eigenvalue weighted by Gasteiger charge is 1.97. The molecule has 3 N–H and O–H groups in total. The summed E-state index contributed by atoms with van der Waals surface area (Å²) in [6, 6.07) is 7.16. The van der Waals surface area contributed by atoms with Crippen molar-refractivity contribution in [2.75, 3.05) is 0 Å². The number of pyridine rings is 2. The first-order valence-corrected chi connectivity index (χ1v) is 9.03. The van der Waals surface area contributed by atoms with Crippen LogP contribution in [0.5, 0.6) is 0 Å². The Morgan fingerprint density at radius 3 is 2.04 bits per heavy atom. The van der Waals surface area contributed by atoms with E-state index in [-0.39, 0.29) is 23.9 Å². The van der Waals surface area contributed by atoms with E-state index in [1.165, 1.54) is 13.8 Å². The average Bonchev–Trinajstić information content (AvgIpc) is 2.70. The summed E-state index contributed by atoms with van der Waals surface area (Å²) in [5.74, 6) is -0.160. The Hall–Kier alpha value is -2.96. The van der Waals surface area contributed by atoms with E-state index in [0.29, 0.717) is 12.1 Å². The number of amides is 2. The maximum absolute atomic E-state index is 11.0. The first-order valence-electron chi connectivity index (χ1n) is 9.03. The summed E-state index contributed by atoms with van der Waals surface area (Å²) in [5.41, 5.74) is 1.42. The van der Waals surface area contributed by atoms with Crippen molar-refractivity contribution in [2.45, 2.75) is 54.6 Å². The summed E-state index contributed by atoms with van der Waals surface area (Å²) in [6.07, 6.45) is 4.99. The fourth-order valence-electron chi connectivity index (χ4n) is 1.54. The molecule has 150 valence electrons. The number of carbonyl (C=O) groups excluding carboxylic acids is 2. The van der Waals surface area contributed by atoms with Crippen LogP contribution < -0.4 is 16.2 Å². The number of aromatic nitrogens is 2. The second-order valence-corrected chi connectivity index (χ2v) is 4.71. The van der Waals surface area contributed by atoms with Crippen LogP contribution in [0.1, 0.15) is 52.7 Å². The van der Waals surface area contributed by atoms with Gasteiger partial charge in [-0.25, -0.2) is 0 Å². The van der Waals surface area contributed by atoms with Crippen LogP contribution in [0.3, 0.4) is 0 Å². The molecule has 0 radical (unpaired) electrons. The van der Waals surface area contributed by atoms with Crippen molar-refractivity contribution in [1.82, 2.24) is 20.6 Å². The Balaban J connectivity index is 0. The highest BCUT2D eigenvalue weighted by molar-refractivity contribution is 5.73. The van der Waals surface area contributed by atoms with Gasteiger partial charge in [-0.3, -0.25) is 19.4 Å². The van der Waals surface area contributed by atoms with Crippen LogP contribution in [0.4, 0.5) is 0 Å². The standard InChI is InChI=1S/C8H10N2O2.C8H10N2O.2C2H6/c1-6(11)10-5-7-3-2-4-9-8(7)12;1-7(11)10-6-8-3-2-4-9-5-8;2*1-2/h2-4H,5H2,1H3,(H,9,12)(H,10,11);2-5H,6H2,1H3,(H,10,11);2*1-2H3. The zero-order valence-corrected chi connectivity index (χ0v) is 17.1. The van der Waals surface area contributed by atoms with E-state index in [1.54, 1.807) is 30.7 Å². The van der Waals surface area contributed by atoms with E-state index in [1.807, 2.05) is 39.8 Å². The average molecular weight is 377 g/mol. The molecular weight excluding hydrogens is 344 g/mol. The monoisotopic (exact) mass is 376 g/mol. The van der Waals surface area contributed by atoms with Crippen molar-refractivity contribution in [2.24, 2.45) is 0 Å². The Morgan fingerprint density at radius 1 is 0.963 bits per heavy atom. The third-order valence-electron chi connectivity index (χ3n) is 2.69. The van der Waals surface area contributed by atoms with Crippen LogP contribution in [0.25, 0.3) is 0 Å². The summed E-state index contributed by atoms with van der Waals surface area (Å²) >= 11 is 0. The molecule has 0 spiro atoms. The minimum atomic E-state index is -0.161. The number of nitrogens with zero attached hydrogens (tertiary/aromatic N) is 1. The van der Waals surface area contributed by atoms with E-state index in [0.717, 1.165) is 5.56 Å². The van der Waals surface area contributed by atoms with Crippen LogP contribution in [-0.4, -0.2) is 21.8 Å².